The first-order valence-electron chi connectivity index (χ1n) is 8.85. The van der Waals surface area contributed by atoms with Gasteiger partial charge in [-0.25, -0.2) is 13.8 Å². The van der Waals surface area contributed by atoms with Crippen molar-refractivity contribution in [3.63, 3.8) is 0 Å². The lowest BCUT2D eigenvalue weighted by Crippen LogP contribution is -2.28. The molecule has 6 nitrogen and oxygen atoms in total. The molecule has 1 fully saturated rings. The topological polar surface area (TPSA) is 93.4 Å². The van der Waals surface area contributed by atoms with Gasteiger partial charge < -0.3 is 5.73 Å². The van der Waals surface area contributed by atoms with E-state index < -0.39 is 17.5 Å². The predicted octanol–water partition coefficient (Wildman–Crippen LogP) is 2.93. The smallest absolute Gasteiger partial charge is 0.267 e. The molecule has 29 heavy (non-hydrogen) atoms. The first-order chi connectivity index (χ1) is 13.8. The maximum absolute atomic E-state index is 14.8. The number of primary amides is 1. The van der Waals surface area contributed by atoms with Crippen molar-refractivity contribution in [3.8, 4) is 11.1 Å². The van der Waals surface area contributed by atoms with Crippen molar-refractivity contribution in [2.45, 2.75) is 19.4 Å². The van der Waals surface area contributed by atoms with E-state index in [-0.39, 0.29) is 48.0 Å². The van der Waals surface area contributed by atoms with Crippen LogP contribution in [0, 0.1) is 11.6 Å². The maximum atomic E-state index is 14.8. The van der Waals surface area contributed by atoms with Crippen molar-refractivity contribution in [3.05, 3.63) is 65.4 Å². The number of nitrogens with zero attached hydrogens (tertiary/aromatic N) is 2. The molecule has 1 saturated heterocycles. The molecule has 1 aromatic heterocycles. The van der Waals surface area contributed by atoms with Crippen LogP contribution in [0.5, 0.6) is 0 Å². The van der Waals surface area contributed by atoms with Gasteiger partial charge in [-0.2, -0.15) is 0 Å². The Morgan fingerprint density at radius 3 is 2.31 bits per heavy atom. The molecule has 2 aromatic carbocycles. The highest BCUT2D eigenvalue weighted by atomic mass is 19.1. The quantitative estimate of drug-likeness (QED) is 0.688. The molecule has 8 heteroatoms. The molecule has 0 spiro atoms. The van der Waals surface area contributed by atoms with E-state index in [0.29, 0.717) is 16.5 Å². The third-order valence-electron chi connectivity index (χ3n) is 4.87. The van der Waals surface area contributed by atoms with E-state index in [2.05, 4.69) is 4.98 Å². The van der Waals surface area contributed by atoms with Crippen LogP contribution in [-0.4, -0.2) is 27.6 Å². The summed E-state index contributed by atoms with van der Waals surface area (Å²) < 4.78 is 28.1. The van der Waals surface area contributed by atoms with Crippen LogP contribution >= 0.6 is 0 Å². The molecule has 0 atom stereocenters. The lowest BCUT2D eigenvalue weighted by atomic mass is 9.98. The van der Waals surface area contributed by atoms with Crippen LogP contribution in [0.1, 0.15) is 28.9 Å². The Labute approximate surface area is 163 Å². The number of carbonyl (C=O) groups excluding carboxylic acids is 3. The minimum atomic E-state index is -0.772. The number of hydrogen-bond acceptors (Lipinski definition) is 4. The molecular weight excluding hydrogens is 380 g/mol. The van der Waals surface area contributed by atoms with E-state index in [1.807, 2.05) is 0 Å². The molecule has 4 rings (SSSR count). The molecule has 0 aliphatic carbocycles. The Morgan fingerprint density at radius 1 is 1.03 bits per heavy atom. The molecule has 0 radical (unpaired) electrons. The number of benzene rings is 2. The van der Waals surface area contributed by atoms with Crippen LogP contribution < -0.4 is 5.73 Å². The Morgan fingerprint density at radius 2 is 1.69 bits per heavy atom. The highest BCUT2D eigenvalue weighted by molar-refractivity contribution is 6.02. The lowest BCUT2D eigenvalue weighted by molar-refractivity contribution is -0.139. The maximum Gasteiger partial charge on any atom is 0.267 e. The number of hydrogen-bond donors (Lipinski definition) is 1. The van der Waals surface area contributed by atoms with Crippen molar-refractivity contribution in [1.82, 2.24) is 9.88 Å². The largest absolute Gasteiger partial charge is 0.364 e. The number of halogens is 2. The Bertz CT molecular complexity index is 1160. The molecule has 3 aromatic rings. The van der Waals surface area contributed by atoms with Crippen molar-refractivity contribution in [2.24, 2.45) is 5.73 Å². The molecule has 0 bridgehead atoms. The van der Waals surface area contributed by atoms with Crippen LogP contribution in [0.25, 0.3) is 22.0 Å². The van der Waals surface area contributed by atoms with Crippen molar-refractivity contribution in [2.75, 3.05) is 0 Å². The van der Waals surface area contributed by atoms with E-state index in [9.17, 15) is 23.2 Å². The Kier molecular flexibility index (Phi) is 4.54. The monoisotopic (exact) mass is 395 g/mol. The van der Waals surface area contributed by atoms with Gasteiger partial charge in [0.25, 0.3) is 5.91 Å². The van der Waals surface area contributed by atoms with E-state index in [1.54, 1.807) is 0 Å². The van der Waals surface area contributed by atoms with Crippen LogP contribution in [-0.2, 0) is 16.1 Å². The Balaban J connectivity index is 1.87. The van der Waals surface area contributed by atoms with Crippen molar-refractivity contribution >= 4 is 28.6 Å². The summed E-state index contributed by atoms with van der Waals surface area (Å²) >= 11 is 0. The number of likely N-dealkylation sites (tertiary alicyclic amines) is 1. The SMILES string of the molecule is NC(=O)c1cc(-c2ccc(F)cc2)c2cc(F)c(CN3C(=O)CCC3=O)cc2n1. The fraction of sp³-hybridized carbons (Fsp3) is 0.143. The third kappa shape index (κ3) is 3.44. The second kappa shape index (κ2) is 7.05. The minimum Gasteiger partial charge on any atom is -0.364 e. The fourth-order valence-electron chi connectivity index (χ4n) is 3.38. The van der Waals surface area contributed by atoms with E-state index in [1.165, 1.54) is 42.5 Å². The molecule has 146 valence electrons. The van der Waals surface area contributed by atoms with Crippen LogP contribution in [0.3, 0.4) is 0 Å². The molecule has 0 saturated carbocycles. The summed E-state index contributed by atoms with van der Waals surface area (Å²) in [4.78, 5) is 40.6. The molecule has 2 heterocycles. The van der Waals surface area contributed by atoms with Gasteiger partial charge in [-0.1, -0.05) is 12.1 Å². The second-order valence-corrected chi connectivity index (χ2v) is 6.76. The zero-order chi connectivity index (χ0) is 20.7. The minimum absolute atomic E-state index is 0.0392. The summed E-state index contributed by atoms with van der Waals surface area (Å²) in [7, 11) is 0. The summed E-state index contributed by atoms with van der Waals surface area (Å²) in [5.74, 6) is -2.55. The number of fused-ring (bicyclic) bond motifs is 1. The number of pyridine rings is 1. The van der Waals surface area contributed by atoms with Crippen LogP contribution in [0.15, 0.2) is 42.5 Å². The van der Waals surface area contributed by atoms with Gasteiger partial charge in [0.15, 0.2) is 0 Å². The standard InChI is InChI=1S/C21H15F2N3O3/c22-13-3-1-11(2-4-13)14-9-18(21(24)29)25-17-7-12(16(23)8-15(14)17)10-26-19(27)5-6-20(26)28/h1-4,7-9H,5-6,10H2,(H2,24,29). The molecule has 0 unspecified atom stereocenters. The van der Waals surface area contributed by atoms with Crippen molar-refractivity contribution < 1.29 is 23.2 Å². The summed E-state index contributed by atoms with van der Waals surface area (Å²) in [6.07, 6.45) is 0.208. The summed E-state index contributed by atoms with van der Waals surface area (Å²) in [6.45, 7) is -0.214. The zero-order valence-electron chi connectivity index (χ0n) is 15.1. The van der Waals surface area contributed by atoms with Gasteiger partial charge in [0.05, 0.1) is 12.1 Å². The van der Waals surface area contributed by atoms with Gasteiger partial charge in [0, 0.05) is 23.8 Å². The number of imide groups is 1. The number of carbonyl (C=O) groups is 3. The second-order valence-electron chi connectivity index (χ2n) is 6.76. The van der Waals surface area contributed by atoms with E-state index >= 15 is 0 Å². The third-order valence-corrected chi connectivity index (χ3v) is 4.87. The van der Waals surface area contributed by atoms with Gasteiger partial charge in [-0.15, -0.1) is 0 Å². The molecule has 1 aliphatic rings. The van der Waals surface area contributed by atoms with Gasteiger partial charge in [0.2, 0.25) is 11.8 Å². The predicted molar refractivity (Wildman–Crippen MR) is 100 cm³/mol. The summed E-state index contributed by atoms with van der Waals surface area (Å²) in [6, 6.07) is 9.55. The highest BCUT2D eigenvalue weighted by Gasteiger charge is 2.29. The molecule has 3 amide bonds. The van der Waals surface area contributed by atoms with E-state index in [4.69, 9.17) is 5.73 Å². The average molecular weight is 395 g/mol. The van der Waals surface area contributed by atoms with Gasteiger partial charge in [-0.3, -0.25) is 19.3 Å². The number of rotatable bonds is 4. The molecule has 2 N–H and O–H groups in total. The molecular formula is C21H15F2N3O3. The normalized spacial score (nSPS) is 14.1. The van der Waals surface area contributed by atoms with Crippen molar-refractivity contribution in [1.29, 1.82) is 0 Å². The van der Waals surface area contributed by atoms with E-state index in [0.717, 1.165) is 4.90 Å². The van der Waals surface area contributed by atoms with Gasteiger partial charge in [-0.05, 0) is 41.5 Å². The summed E-state index contributed by atoms with van der Waals surface area (Å²) in [5.41, 5.74) is 6.73. The van der Waals surface area contributed by atoms with Crippen LogP contribution in [0.4, 0.5) is 8.78 Å². The highest BCUT2D eigenvalue weighted by Crippen LogP contribution is 2.31. The number of nitrogens with two attached hydrogens (primary N) is 1. The zero-order valence-corrected chi connectivity index (χ0v) is 15.1. The van der Waals surface area contributed by atoms with Gasteiger partial charge >= 0.3 is 0 Å². The number of aromatic nitrogens is 1. The van der Waals surface area contributed by atoms with Gasteiger partial charge in [0.1, 0.15) is 17.3 Å². The molecule has 1 aliphatic heterocycles. The summed E-state index contributed by atoms with van der Waals surface area (Å²) in [5, 5.41) is 0.391. The number of amides is 3. The average Bonchev–Trinajstić information content (AvgIpc) is 3.00. The Hall–Kier alpha value is -3.68. The fourth-order valence-corrected chi connectivity index (χ4v) is 3.38. The lowest BCUT2D eigenvalue weighted by Gasteiger charge is -2.16. The first-order valence-corrected chi connectivity index (χ1v) is 8.85. The van der Waals surface area contributed by atoms with Crippen LogP contribution in [0.2, 0.25) is 0 Å². The first kappa shape index (κ1) is 18.7.